The Hall–Kier alpha value is -1.30. The van der Waals surface area contributed by atoms with E-state index in [1.807, 2.05) is 25.1 Å². The van der Waals surface area contributed by atoms with Gasteiger partial charge in [0.1, 0.15) is 5.75 Å². The highest BCUT2D eigenvalue weighted by molar-refractivity contribution is 6.30. The fraction of sp³-hybridized carbons (Fsp3) is 0.650. The van der Waals surface area contributed by atoms with Gasteiger partial charge in [-0.15, -0.1) is 0 Å². The molecule has 0 spiro atoms. The third-order valence-corrected chi connectivity index (χ3v) is 5.54. The molecule has 1 N–H and O–H groups in total. The molecule has 1 aliphatic rings. The number of hydrogen-bond acceptors (Lipinski definition) is 4. The summed E-state index contributed by atoms with van der Waals surface area (Å²) in [5, 5.41) is 3.89. The van der Waals surface area contributed by atoms with E-state index in [9.17, 15) is 4.79 Å². The van der Waals surface area contributed by atoms with Crippen molar-refractivity contribution in [1.82, 2.24) is 15.1 Å². The van der Waals surface area contributed by atoms with Crippen LogP contribution >= 0.6 is 11.6 Å². The standard InChI is InChI=1S/C20H32ClN3O2/c1-5-18(6-2)22-20(25)15(3)24-11-9-23(10-12-24)14-16-13-17(21)7-8-19(16)26-4/h7-8,13,15,18H,5-6,9-12,14H2,1-4H3,(H,22,25). The number of carbonyl (C=O) groups excluding carboxylic acids is 1. The molecule has 1 fully saturated rings. The minimum atomic E-state index is -0.0848. The van der Waals surface area contributed by atoms with Crippen molar-refractivity contribution >= 4 is 17.5 Å². The zero-order valence-corrected chi connectivity index (χ0v) is 17.2. The van der Waals surface area contributed by atoms with Crippen LogP contribution in [0.3, 0.4) is 0 Å². The van der Waals surface area contributed by atoms with Crippen LogP contribution in [0, 0.1) is 0 Å². The van der Waals surface area contributed by atoms with Gasteiger partial charge < -0.3 is 10.1 Å². The van der Waals surface area contributed by atoms with Gasteiger partial charge in [0.2, 0.25) is 5.91 Å². The van der Waals surface area contributed by atoms with Crippen LogP contribution < -0.4 is 10.1 Å². The van der Waals surface area contributed by atoms with Gasteiger partial charge in [-0.2, -0.15) is 0 Å². The summed E-state index contributed by atoms with van der Waals surface area (Å²) in [5.41, 5.74) is 1.10. The number of benzene rings is 1. The van der Waals surface area contributed by atoms with Gasteiger partial charge in [-0.05, 0) is 38.0 Å². The largest absolute Gasteiger partial charge is 0.496 e. The van der Waals surface area contributed by atoms with E-state index < -0.39 is 0 Å². The van der Waals surface area contributed by atoms with E-state index in [0.29, 0.717) is 0 Å². The molecule has 1 heterocycles. The molecule has 146 valence electrons. The monoisotopic (exact) mass is 381 g/mol. The quantitative estimate of drug-likeness (QED) is 0.751. The highest BCUT2D eigenvalue weighted by Gasteiger charge is 2.26. The number of piperazine rings is 1. The SMILES string of the molecule is CCC(CC)NC(=O)C(C)N1CCN(Cc2cc(Cl)ccc2OC)CC1. The van der Waals surface area contributed by atoms with E-state index in [2.05, 4.69) is 29.0 Å². The van der Waals surface area contributed by atoms with Crippen molar-refractivity contribution in [2.24, 2.45) is 0 Å². The molecule has 2 rings (SSSR count). The fourth-order valence-electron chi connectivity index (χ4n) is 3.40. The van der Waals surface area contributed by atoms with Gasteiger partial charge in [-0.25, -0.2) is 0 Å². The number of nitrogens with zero attached hydrogens (tertiary/aromatic N) is 2. The maximum absolute atomic E-state index is 12.5. The summed E-state index contributed by atoms with van der Waals surface area (Å²) >= 11 is 6.13. The van der Waals surface area contributed by atoms with Crippen molar-refractivity contribution in [3.05, 3.63) is 28.8 Å². The zero-order chi connectivity index (χ0) is 19.1. The Morgan fingerprint density at radius 1 is 1.23 bits per heavy atom. The molecular weight excluding hydrogens is 350 g/mol. The Labute approximate surface area is 162 Å². The number of amides is 1. The molecule has 1 amide bonds. The molecule has 0 saturated carbocycles. The highest BCUT2D eigenvalue weighted by atomic mass is 35.5. The topological polar surface area (TPSA) is 44.8 Å². The number of hydrogen-bond donors (Lipinski definition) is 1. The Balaban J connectivity index is 1.87. The van der Waals surface area contributed by atoms with E-state index in [1.54, 1.807) is 7.11 Å². The van der Waals surface area contributed by atoms with Crippen LogP contribution in [0.25, 0.3) is 0 Å². The van der Waals surface area contributed by atoms with Crippen LogP contribution in [0.4, 0.5) is 0 Å². The number of ether oxygens (including phenoxy) is 1. The average molecular weight is 382 g/mol. The Kier molecular flexibility index (Phi) is 8.19. The summed E-state index contributed by atoms with van der Waals surface area (Å²) in [5.74, 6) is 1.01. The molecule has 0 aromatic heterocycles. The minimum Gasteiger partial charge on any atom is -0.496 e. The van der Waals surface area contributed by atoms with Crippen molar-refractivity contribution in [3.63, 3.8) is 0 Å². The summed E-state index contributed by atoms with van der Waals surface area (Å²) in [4.78, 5) is 17.1. The van der Waals surface area contributed by atoms with Crippen molar-refractivity contribution in [2.45, 2.75) is 52.2 Å². The zero-order valence-electron chi connectivity index (χ0n) is 16.4. The highest BCUT2D eigenvalue weighted by Crippen LogP contribution is 2.24. The maximum atomic E-state index is 12.5. The van der Waals surface area contributed by atoms with Crippen LogP contribution in [0.5, 0.6) is 5.75 Å². The average Bonchev–Trinajstić information content (AvgIpc) is 2.66. The lowest BCUT2D eigenvalue weighted by Gasteiger charge is -2.38. The van der Waals surface area contributed by atoms with Crippen molar-refractivity contribution in [2.75, 3.05) is 33.3 Å². The molecular formula is C20H32ClN3O2. The Morgan fingerprint density at radius 2 is 1.88 bits per heavy atom. The first-order valence-electron chi connectivity index (χ1n) is 9.57. The number of nitrogens with one attached hydrogen (secondary N) is 1. The number of carbonyl (C=O) groups is 1. The van der Waals surface area contributed by atoms with E-state index in [-0.39, 0.29) is 18.0 Å². The van der Waals surface area contributed by atoms with Crippen LogP contribution in [-0.4, -0.2) is 61.1 Å². The van der Waals surface area contributed by atoms with E-state index >= 15 is 0 Å². The van der Waals surface area contributed by atoms with Gasteiger partial charge in [0.25, 0.3) is 0 Å². The first kappa shape index (κ1) is 21.0. The molecule has 1 unspecified atom stereocenters. The normalized spacial score (nSPS) is 17.3. The second-order valence-corrected chi connectivity index (χ2v) is 7.40. The molecule has 1 aliphatic heterocycles. The van der Waals surface area contributed by atoms with E-state index in [4.69, 9.17) is 16.3 Å². The van der Waals surface area contributed by atoms with Gasteiger partial charge in [0.15, 0.2) is 0 Å². The first-order chi connectivity index (χ1) is 12.5. The summed E-state index contributed by atoms with van der Waals surface area (Å²) in [6, 6.07) is 5.93. The second kappa shape index (κ2) is 10.1. The smallest absolute Gasteiger partial charge is 0.237 e. The van der Waals surface area contributed by atoms with Gasteiger partial charge in [0.05, 0.1) is 13.2 Å². The van der Waals surface area contributed by atoms with Gasteiger partial charge in [0, 0.05) is 49.4 Å². The van der Waals surface area contributed by atoms with Crippen molar-refractivity contribution < 1.29 is 9.53 Å². The van der Waals surface area contributed by atoms with Gasteiger partial charge in [-0.3, -0.25) is 14.6 Å². The molecule has 1 saturated heterocycles. The number of halogens is 1. The molecule has 1 aromatic carbocycles. The lowest BCUT2D eigenvalue weighted by molar-refractivity contribution is -0.127. The van der Waals surface area contributed by atoms with Crippen LogP contribution in [0.15, 0.2) is 18.2 Å². The lowest BCUT2D eigenvalue weighted by atomic mass is 10.1. The summed E-state index contributed by atoms with van der Waals surface area (Å²) in [6.45, 7) is 10.7. The van der Waals surface area contributed by atoms with Crippen molar-refractivity contribution in [3.8, 4) is 5.75 Å². The second-order valence-electron chi connectivity index (χ2n) is 6.97. The molecule has 1 atom stereocenters. The Morgan fingerprint density at radius 3 is 2.46 bits per heavy atom. The predicted molar refractivity (Wildman–Crippen MR) is 107 cm³/mol. The number of methoxy groups -OCH3 is 1. The maximum Gasteiger partial charge on any atom is 0.237 e. The van der Waals surface area contributed by atoms with E-state index in [1.165, 1.54) is 0 Å². The first-order valence-corrected chi connectivity index (χ1v) is 9.95. The fourth-order valence-corrected chi connectivity index (χ4v) is 3.60. The van der Waals surface area contributed by atoms with E-state index in [0.717, 1.165) is 61.9 Å². The third-order valence-electron chi connectivity index (χ3n) is 5.30. The van der Waals surface area contributed by atoms with Crippen LogP contribution in [0.1, 0.15) is 39.2 Å². The molecule has 1 aromatic rings. The predicted octanol–water partition coefficient (Wildman–Crippen LogP) is 3.16. The van der Waals surface area contributed by atoms with Crippen LogP contribution in [-0.2, 0) is 11.3 Å². The van der Waals surface area contributed by atoms with Gasteiger partial charge >= 0.3 is 0 Å². The summed E-state index contributed by atoms with van der Waals surface area (Å²) in [7, 11) is 1.69. The molecule has 5 nitrogen and oxygen atoms in total. The van der Waals surface area contributed by atoms with Crippen LogP contribution in [0.2, 0.25) is 5.02 Å². The van der Waals surface area contributed by atoms with Gasteiger partial charge in [-0.1, -0.05) is 25.4 Å². The summed E-state index contributed by atoms with van der Waals surface area (Å²) < 4.78 is 5.44. The lowest BCUT2D eigenvalue weighted by Crippen LogP contribution is -2.54. The molecule has 26 heavy (non-hydrogen) atoms. The molecule has 6 heteroatoms. The molecule has 0 radical (unpaired) electrons. The molecule has 0 aliphatic carbocycles. The third kappa shape index (κ3) is 5.60. The van der Waals surface area contributed by atoms with Crippen molar-refractivity contribution in [1.29, 1.82) is 0 Å². The summed E-state index contributed by atoms with van der Waals surface area (Å²) in [6.07, 6.45) is 1.95. The minimum absolute atomic E-state index is 0.0848. The molecule has 0 bridgehead atoms. The number of rotatable bonds is 8. The Bertz CT molecular complexity index is 584.